The number of hydrogen-bond acceptors (Lipinski definition) is 5. The maximum atomic E-state index is 12.0. The molecule has 7 nitrogen and oxygen atoms in total. The first-order valence-corrected chi connectivity index (χ1v) is 7.42. The SMILES string of the molecule is CC(=O)N[C@H]1CS(=O)(=O)[C@H]2[C@@H]1[C@H](N)C[C@@H]2C(=O)O.Cl. The van der Waals surface area contributed by atoms with Crippen molar-refractivity contribution in [1.82, 2.24) is 5.32 Å². The second-order valence-electron chi connectivity index (χ2n) is 5.02. The summed E-state index contributed by atoms with van der Waals surface area (Å²) in [6.45, 7) is 1.30. The number of carbonyl (C=O) groups is 2. The number of carboxylic acids is 1. The largest absolute Gasteiger partial charge is 0.481 e. The third kappa shape index (κ3) is 2.70. The van der Waals surface area contributed by atoms with Crippen molar-refractivity contribution in [3.63, 3.8) is 0 Å². The van der Waals surface area contributed by atoms with Gasteiger partial charge in [-0.15, -0.1) is 12.4 Å². The maximum Gasteiger partial charge on any atom is 0.307 e. The molecule has 5 atom stereocenters. The molecule has 4 N–H and O–H groups in total. The monoisotopic (exact) mass is 312 g/mol. The Hall–Kier alpha value is -0.860. The lowest BCUT2D eigenvalue weighted by Crippen LogP contribution is -2.45. The smallest absolute Gasteiger partial charge is 0.307 e. The topological polar surface area (TPSA) is 127 Å². The number of hydrogen-bond donors (Lipinski definition) is 3. The first-order valence-electron chi connectivity index (χ1n) is 5.71. The second-order valence-corrected chi connectivity index (χ2v) is 7.23. The summed E-state index contributed by atoms with van der Waals surface area (Å²) in [6, 6.07) is -1.08. The Bertz CT molecular complexity index is 494. The average Bonchev–Trinajstić information content (AvgIpc) is 2.65. The molecule has 0 unspecified atom stereocenters. The summed E-state index contributed by atoms with van der Waals surface area (Å²) in [6.07, 6.45) is 0.139. The molecule has 0 spiro atoms. The third-order valence-electron chi connectivity index (χ3n) is 3.79. The minimum Gasteiger partial charge on any atom is -0.481 e. The van der Waals surface area contributed by atoms with Crippen molar-refractivity contribution in [3.8, 4) is 0 Å². The van der Waals surface area contributed by atoms with E-state index in [-0.39, 0.29) is 30.5 Å². The molecule has 0 aromatic rings. The third-order valence-corrected chi connectivity index (χ3v) is 6.09. The lowest BCUT2D eigenvalue weighted by molar-refractivity contribution is -0.141. The molecule has 0 aromatic carbocycles. The molecule has 0 aromatic heterocycles. The van der Waals surface area contributed by atoms with E-state index in [1.165, 1.54) is 6.92 Å². The predicted molar refractivity (Wildman–Crippen MR) is 69.6 cm³/mol. The van der Waals surface area contributed by atoms with Gasteiger partial charge in [-0.25, -0.2) is 8.42 Å². The highest BCUT2D eigenvalue weighted by Gasteiger charge is 2.59. The van der Waals surface area contributed by atoms with E-state index >= 15 is 0 Å². The molecule has 2 rings (SSSR count). The number of fused-ring (bicyclic) bond motifs is 1. The van der Waals surface area contributed by atoms with Crippen LogP contribution in [-0.4, -0.2) is 48.5 Å². The van der Waals surface area contributed by atoms with Crippen molar-refractivity contribution in [1.29, 1.82) is 0 Å². The van der Waals surface area contributed by atoms with E-state index in [9.17, 15) is 18.0 Å². The van der Waals surface area contributed by atoms with Crippen LogP contribution in [0.3, 0.4) is 0 Å². The van der Waals surface area contributed by atoms with E-state index in [0.29, 0.717) is 0 Å². The molecule has 0 radical (unpaired) electrons. The number of halogens is 1. The van der Waals surface area contributed by atoms with Crippen LogP contribution in [0.15, 0.2) is 0 Å². The molecule has 19 heavy (non-hydrogen) atoms. The molecule has 1 saturated carbocycles. The summed E-state index contributed by atoms with van der Waals surface area (Å²) in [5.41, 5.74) is 5.86. The number of sulfone groups is 1. The molecule has 1 saturated heterocycles. The highest BCUT2D eigenvalue weighted by molar-refractivity contribution is 7.92. The van der Waals surface area contributed by atoms with Crippen molar-refractivity contribution in [2.24, 2.45) is 17.6 Å². The van der Waals surface area contributed by atoms with Gasteiger partial charge >= 0.3 is 5.97 Å². The highest BCUT2D eigenvalue weighted by atomic mass is 35.5. The van der Waals surface area contributed by atoms with Gasteiger partial charge in [0.05, 0.1) is 16.9 Å². The Balaban J connectivity index is 0.00000180. The summed E-state index contributed by atoms with van der Waals surface area (Å²) >= 11 is 0. The van der Waals surface area contributed by atoms with Crippen LogP contribution in [0.1, 0.15) is 13.3 Å². The fraction of sp³-hybridized carbons (Fsp3) is 0.800. The van der Waals surface area contributed by atoms with Crippen molar-refractivity contribution < 1.29 is 23.1 Å². The summed E-state index contributed by atoms with van der Waals surface area (Å²) in [5.74, 6) is -3.15. The molecular formula is C10H17ClN2O5S. The van der Waals surface area contributed by atoms with Crippen molar-refractivity contribution >= 4 is 34.1 Å². The standard InChI is InChI=1S/C10H16N2O5S.ClH/c1-4(13)12-7-3-18(16,17)9-5(10(14)15)2-6(11)8(7)9;/h5-9H,2-3,11H2,1H3,(H,12,13)(H,14,15);1H/t5-,6+,7-,8+,9+;/m0./s1. The van der Waals surface area contributed by atoms with Crippen molar-refractivity contribution in [2.75, 3.05) is 5.75 Å². The van der Waals surface area contributed by atoms with E-state index in [4.69, 9.17) is 10.8 Å². The summed E-state index contributed by atoms with van der Waals surface area (Å²) in [5, 5.41) is 10.7. The molecular weight excluding hydrogens is 296 g/mol. The molecule has 1 aliphatic carbocycles. The maximum absolute atomic E-state index is 12.0. The molecule has 1 heterocycles. The van der Waals surface area contributed by atoms with Crippen molar-refractivity contribution in [3.05, 3.63) is 0 Å². The molecule has 1 aliphatic heterocycles. The van der Waals surface area contributed by atoms with Gasteiger partial charge in [0.25, 0.3) is 0 Å². The number of nitrogens with one attached hydrogen (secondary N) is 1. The van der Waals surface area contributed by atoms with E-state index in [1.54, 1.807) is 0 Å². The first-order chi connectivity index (χ1) is 8.24. The van der Waals surface area contributed by atoms with Crippen LogP contribution in [0.2, 0.25) is 0 Å². The summed E-state index contributed by atoms with van der Waals surface area (Å²) in [7, 11) is -3.52. The first kappa shape index (κ1) is 16.2. The lowest BCUT2D eigenvalue weighted by atomic mass is 9.95. The zero-order chi connectivity index (χ0) is 13.7. The number of carboxylic acid groups (broad SMARTS) is 1. The van der Waals surface area contributed by atoms with E-state index in [2.05, 4.69) is 5.32 Å². The van der Waals surface area contributed by atoms with Crippen LogP contribution < -0.4 is 11.1 Å². The van der Waals surface area contributed by atoms with Gasteiger partial charge in [-0.1, -0.05) is 0 Å². The van der Waals surface area contributed by atoms with Crippen LogP contribution in [0, 0.1) is 11.8 Å². The molecule has 110 valence electrons. The Morgan fingerprint density at radius 2 is 1.95 bits per heavy atom. The molecule has 9 heteroatoms. The lowest BCUT2D eigenvalue weighted by Gasteiger charge is -2.21. The number of nitrogens with two attached hydrogens (primary N) is 1. The highest BCUT2D eigenvalue weighted by Crippen LogP contribution is 2.43. The van der Waals surface area contributed by atoms with Gasteiger partial charge < -0.3 is 16.2 Å². The number of aliphatic carboxylic acids is 1. The quantitative estimate of drug-likeness (QED) is 0.585. The van der Waals surface area contributed by atoms with Gasteiger partial charge in [0.15, 0.2) is 9.84 Å². The van der Waals surface area contributed by atoms with E-state index in [0.717, 1.165) is 0 Å². The number of amides is 1. The fourth-order valence-corrected chi connectivity index (χ4v) is 5.85. The average molecular weight is 313 g/mol. The zero-order valence-electron chi connectivity index (χ0n) is 10.3. The van der Waals surface area contributed by atoms with Crippen LogP contribution in [0.4, 0.5) is 0 Å². The zero-order valence-corrected chi connectivity index (χ0v) is 11.9. The second kappa shape index (κ2) is 5.26. The summed E-state index contributed by atoms with van der Waals surface area (Å²) in [4.78, 5) is 22.2. The van der Waals surface area contributed by atoms with Crippen molar-refractivity contribution in [2.45, 2.75) is 30.7 Å². The Morgan fingerprint density at radius 3 is 2.42 bits per heavy atom. The van der Waals surface area contributed by atoms with Crippen LogP contribution in [-0.2, 0) is 19.4 Å². The molecule has 2 aliphatic rings. The minimum absolute atomic E-state index is 0. The Labute approximate surface area is 117 Å². The van der Waals surface area contributed by atoms with Crippen LogP contribution in [0.25, 0.3) is 0 Å². The van der Waals surface area contributed by atoms with E-state index < -0.39 is 45.0 Å². The number of rotatable bonds is 2. The van der Waals surface area contributed by atoms with Gasteiger partial charge in [0.1, 0.15) is 0 Å². The molecule has 1 amide bonds. The van der Waals surface area contributed by atoms with Gasteiger partial charge in [-0.3, -0.25) is 9.59 Å². The Kier molecular flexibility index (Phi) is 4.48. The molecule has 2 fully saturated rings. The predicted octanol–water partition coefficient (Wildman–Crippen LogP) is -1.24. The van der Waals surface area contributed by atoms with Gasteiger partial charge in [-0.05, 0) is 6.42 Å². The van der Waals surface area contributed by atoms with Gasteiger partial charge in [-0.2, -0.15) is 0 Å². The fourth-order valence-electron chi connectivity index (χ4n) is 3.23. The van der Waals surface area contributed by atoms with Gasteiger partial charge in [0, 0.05) is 24.9 Å². The summed E-state index contributed by atoms with van der Waals surface area (Å²) < 4.78 is 24.1. The van der Waals surface area contributed by atoms with E-state index in [1.807, 2.05) is 0 Å². The molecule has 0 bridgehead atoms. The van der Waals surface area contributed by atoms with Crippen LogP contribution in [0.5, 0.6) is 0 Å². The normalized spacial score (nSPS) is 39.2. The Morgan fingerprint density at radius 1 is 1.37 bits per heavy atom. The van der Waals surface area contributed by atoms with Gasteiger partial charge in [0.2, 0.25) is 5.91 Å². The van der Waals surface area contributed by atoms with Crippen LogP contribution >= 0.6 is 12.4 Å². The number of carbonyl (C=O) groups excluding carboxylic acids is 1. The minimum atomic E-state index is -3.52.